The van der Waals surface area contributed by atoms with Crippen LogP contribution < -0.4 is 17.0 Å². The zero-order valence-electron chi connectivity index (χ0n) is 7.03. The normalized spacial score (nSPS) is 12.1. The lowest BCUT2D eigenvalue weighted by atomic mass is 10.1. The fourth-order valence-electron chi connectivity index (χ4n) is 0.755. The number of nitrogens with one attached hydrogen (secondary N) is 1. The van der Waals surface area contributed by atoms with Gasteiger partial charge in [-0.3, -0.25) is 9.79 Å². The van der Waals surface area contributed by atoms with Crippen molar-refractivity contribution in [2.24, 2.45) is 16.5 Å². The van der Waals surface area contributed by atoms with Crippen LogP contribution in [0.4, 0.5) is 4.48 Å². The van der Waals surface area contributed by atoms with Gasteiger partial charge in [-0.05, 0) is 6.42 Å². The van der Waals surface area contributed by atoms with E-state index in [9.17, 15) is 9.28 Å². The Bertz CT molecular complexity index is 193. The fourth-order valence-corrected chi connectivity index (χ4v) is 0.755. The molecule has 0 rings (SSSR count). The molecule has 0 aliphatic heterocycles. The van der Waals surface area contributed by atoms with Gasteiger partial charge in [0.15, 0.2) is 5.96 Å². The number of aliphatic imine (C=N–C) groups is 1. The van der Waals surface area contributed by atoms with Crippen molar-refractivity contribution < 1.29 is 14.4 Å². The number of carbonyl (C=O) groups is 1. The number of aliphatic carboxylic acids is 1. The molecule has 76 valence electrons. The molecule has 0 aliphatic carbocycles. The highest BCUT2D eigenvalue weighted by atomic mass is 19.2. The van der Waals surface area contributed by atoms with Crippen molar-refractivity contribution >= 4 is 11.9 Å². The minimum Gasteiger partial charge on any atom is -0.481 e. The number of nitrogens with two attached hydrogens (primary N) is 2. The molecule has 0 aromatic carbocycles. The summed E-state index contributed by atoms with van der Waals surface area (Å²) >= 11 is 0. The second-order valence-electron chi connectivity index (χ2n) is 2.50. The highest BCUT2D eigenvalue weighted by Crippen LogP contribution is 1.98. The third-order valence-electron chi connectivity index (χ3n) is 1.35. The molecule has 6 nitrogen and oxygen atoms in total. The third-order valence-corrected chi connectivity index (χ3v) is 1.35. The van der Waals surface area contributed by atoms with E-state index in [0.717, 1.165) is 0 Å². The molecule has 0 aromatic heterocycles. The van der Waals surface area contributed by atoms with E-state index in [1.807, 2.05) is 0 Å². The maximum atomic E-state index is 11.9. The molecule has 0 aromatic rings. The monoisotopic (exact) mass is 192 g/mol. The van der Waals surface area contributed by atoms with Gasteiger partial charge in [0.1, 0.15) is 0 Å². The number of carboxylic acid groups (broad SMARTS) is 1. The summed E-state index contributed by atoms with van der Waals surface area (Å²) in [5.74, 6) is -1.16. The van der Waals surface area contributed by atoms with E-state index in [-0.39, 0.29) is 25.3 Å². The summed E-state index contributed by atoms with van der Waals surface area (Å²) in [7, 11) is 0. The van der Waals surface area contributed by atoms with Gasteiger partial charge in [-0.2, -0.15) is 5.54 Å². The largest absolute Gasteiger partial charge is 0.481 e. The molecule has 6 N–H and O–H groups in total. The maximum absolute atomic E-state index is 11.9. The van der Waals surface area contributed by atoms with Crippen molar-refractivity contribution in [3.63, 3.8) is 0 Å². The summed E-state index contributed by atoms with van der Waals surface area (Å²) in [6, 6.07) is -0.749. The van der Waals surface area contributed by atoms with Gasteiger partial charge in [-0.15, -0.1) is 4.48 Å². The van der Waals surface area contributed by atoms with Gasteiger partial charge in [-0.25, -0.2) is 0 Å². The van der Waals surface area contributed by atoms with Crippen molar-refractivity contribution in [3.8, 4) is 0 Å². The van der Waals surface area contributed by atoms with Crippen molar-refractivity contribution in [2.45, 2.75) is 18.9 Å². The smallest absolute Gasteiger partial charge is 0.305 e. The summed E-state index contributed by atoms with van der Waals surface area (Å²) < 4.78 is 11.9. The van der Waals surface area contributed by atoms with E-state index in [1.54, 1.807) is 0 Å². The van der Waals surface area contributed by atoms with Crippen LogP contribution in [0.1, 0.15) is 12.8 Å². The number of hydrogen-bond acceptors (Lipinski definition) is 3. The lowest BCUT2D eigenvalue weighted by molar-refractivity contribution is -0.137. The van der Waals surface area contributed by atoms with E-state index >= 15 is 0 Å². The van der Waals surface area contributed by atoms with Crippen LogP contribution in [0.3, 0.4) is 0 Å². The van der Waals surface area contributed by atoms with Crippen LogP contribution in [-0.4, -0.2) is 29.6 Å². The van der Waals surface area contributed by atoms with E-state index in [1.165, 1.54) is 5.54 Å². The van der Waals surface area contributed by atoms with Crippen molar-refractivity contribution in [1.82, 2.24) is 5.54 Å². The van der Waals surface area contributed by atoms with Gasteiger partial charge in [-0.1, -0.05) is 0 Å². The van der Waals surface area contributed by atoms with Gasteiger partial charge in [0, 0.05) is 12.6 Å². The lowest BCUT2D eigenvalue weighted by Gasteiger charge is -2.08. The minimum absolute atomic E-state index is 0.0899. The molecule has 0 amide bonds. The van der Waals surface area contributed by atoms with Crippen LogP contribution in [0, 0.1) is 0 Å². The maximum Gasteiger partial charge on any atom is 0.305 e. The van der Waals surface area contributed by atoms with E-state index < -0.39 is 12.0 Å². The van der Waals surface area contributed by atoms with Crippen LogP contribution in [0.2, 0.25) is 0 Å². The molecule has 0 saturated carbocycles. The summed E-state index contributed by atoms with van der Waals surface area (Å²) in [4.78, 5) is 13.8. The molecular formula is C6H13FN4O2. The summed E-state index contributed by atoms with van der Waals surface area (Å²) in [6.07, 6.45) is -0.0583. The number of guanidine groups is 1. The van der Waals surface area contributed by atoms with Gasteiger partial charge >= 0.3 is 5.97 Å². The summed E-state index contributed by atoms with van der Waals surface area (Å²) in [6.45, 7) is 0.206. The Morgan fingerprint density at radius 1 is 1.62 bits per heavy atom. The van der Waals surface area contributed by atoms with Crippen LogP contribution in [-0.2, 0) is 4.79 Å². The molecule has 1 unspecified atom stereocenters. The Kier molecular flexibility index (Phi) is 5.53. The Morgan fingerprint density at radius 2 is 2.23 bits per heavy atom. The minimum atomic E-state index is -1.07. The van der Waals surface area contributed by atoms with Crippen molar-refractivity contribution in [1.29, 1.82) is 0 Å². The molecule has 1 atom stereocenters. The zero-order chi connectivity index (χ0) is 10.3. The van der Waals surface area contributed by atoms with E-state index in [0.29, 0.717) is 0 Å². The van der Waals surface area contributed by atoms with Crippen LogP contribution in [0.25, 0.3) is 0 Å². The Hall–Kier alpha value is -1.37. The molecule has 0 radical (unpaired) electrons. The summed E-state index contributed by atoms with van der Waals surface area (Å²) in [5, 5.41) is 8.33. The highest BCUT2D eigenvalue weighted by Gasteiger charge is 2.11. The molecular weight excluding hydrogens is 179 g/mol. The number of hydrogen-bond donors (Lipinski definition) is 4. The Balaban J connectivity index is 3.72. The zero-order valence-corrected chi connectivity index (χ0v) is 7.03. The van der Waals surface area contributed by atoms with Gasteiger partial charge in [0.25, 0.3) is 0 Å². The predicted molar refractivity (Wildman–Crippen MR) is 45.6 cm³/mol. The first kappa shape index (κ1) is 11.6. The van der Waals surface area contributed by atoms with Crippen LogP contribution in [0.15, 0.2) is 4.99 Å². The first-order valence-corrected chi connectivity index (χ1v) is 3.69. The lowest BCUT2D eigenvalue weighted by Crippen LogP contribution is -2.27. The van der Waals surface area contributed by atoms with Crippen LogP contribution in [0.5, 0.6) is 0 Å². The second-order valence-corrected chi connectivity index (χ2v) is 2.50. The number of nitrogens with zero attached hydrogens (tertiary/aromatic N) is 1. The Morgan fingerprint density at radius 3 is 2.62 bits per heavy atom. The first-order chi connectivity index (χ1) is 6.06. The molecule has 7 heteroatoms. The molecule has 0 heterocycles. The second kappa shape index (κ2) is 6.18. The quantitative estimate of drug-likeness (QED) is 0.244. The average molecular weight is 192 g/mol. The highest BCUT2D eigenvalue weighted by molar-refractivity contribution is 5.75. The molecule has 0 bridgehead atoms. The predicted octanol–water partition coefficient (Wildman–Crippen LogP) is -1.03. The topological polar surface area (TPSA) is 114 Å². The van der Waals surface area contributed by atoms with E-state index in [2.05, 4.69) is 4.99 Å². The van der Waals surface area contributed by atoms with Crippen molar-refractivity contribution in [3.05, 3.63) is 0 Å². The number of rotatable bonds is 6. The third kappa shape index (κ3) is 7.01. The molecule has 0 saturated heterocycles. The SMILES string of the molecule is NC(N)=NCCC(CC(=O)O)NF. The fraction of sp³-hybridized carbons (Fsp3) is 0.667. The average Bonchev–Trinajstić information content (AvgIpc) is 2.01. The molecule has 0 spiro atoms. The number of carboxylic acids is 1. The molecule has 13 heavy (non-hydrogen) atoms. The molecule has 0 aliphatic rings. The molecule has 0 fully saturated rings. The van der Waals surface area contributed by atoms with Gasteiger partial charge in [0.05, 0.1) is 6.42 Å². The van der Waals surface area contributed by atoms with Gasteiger partial charge < -0.3 is 16.6 Å². The van der Waals surface area contributed by atoms with Gasteiger partial charge in [0.2, 0.25) is 0 Å². The summed E-state index contributed by atoms with van der Waals surface area (Å²) in [5.41, 5.74) is 11.4. The van der Waals surface area contributed by atoms with Crippen LogP contribution >= 0.6 is 0 Å². The first-order valence-electron chi connectivity index (χ1n) is 3.69. The standard InChI is InChI=1S/C6H13FN4O2/c7-11-4(3-5(12)13)1-2-10-6(8)9/h4,11H,1-3H2,(H,12,13)(H4,8,9,10). The Labute approximate surface area is 74.7 Å². The van der Waals surface area contributed by atoms with E-state index in [4.69, 9.17) is 16.6 Å². The number of halogens is 1. The van der Waals surface area contributed by atoms with Crippen molar-refractivity contribution in [2.75, 3.05) is 6.54 Å².